The average Bonchev–Trinajstić information content (AvgIpc) is 2.78. The van der Waals surface area contributed by atoms with Gasteiger partial charge in [0.2, 0.25) is 11.8 Å². The van der Waals surface area contributed by atoms with E-state index in [1.807, 2.05) is 54.6 Å². The Morgan fingerprint density at radius 2 is 1.52 bits per heavy atom. The van der Waals surface area contributed by atoms with Crippen molar-refractivity contribution in [3.8, 4) is 5.75 Å². The molecular weight excluding hydrogens is 366 g/mol. The SMILES string of the molecule is COc1ccccc1N1CCN(C(=O)C(C)(C)C(=O)N(C)c2ccccc2)CC1. The lowest BCUT2D eigenvalue weighted by atomic mass is 9.89. The summed E-state index contributed by atoms with van der Waals surface area (Å²) in [6, 6.07) is 17.3. The maximum Gasteiger partial charge on any atom is 0.241 e. The number of anilines is 2. The molecule has 6 nitrogen and oxygen atoms in total. The van der Waals surface area contributed by atoms with Crippen LogP contribution >= 0.6 is 0 Å². The number of rotatable bonds is 5. The summed E-state index contributed by atoms with van der Waals surface area (Å²) in [5.41, 5.74) is 0.678. The molecule has 2 aromatic rings. The van der Waals surface area contributed by atoms with E-state index in [1.165, 1.54) is 0 Å². The van der Waals surface area contributed by atoms with Crippen LogP contribution in [0.3, 0.4) is 0 Å². The van der Waals surface area contributed by atoms with Gasteiger partial charge in [-0.25, -0.2) is 0 Å². The van der Waals surface area contributed by atoms with Crippen molar-refractivity contribution in [3.63, 3.8) is 0 Å². The van der Waals surface area contributed by atoms with Crippen molar-refractivity contribution in [3.05, 3.63) is 54.6 Å². The van der Waals surface area contributed by atoms with E-state index in [4.69, 9.17) is 4.74 Å². The van der Waals surface area contributed by atoms with Gasteiger partial charge < -0.3 is 19.4 Å². The third-order valence-electron chi connectivity index (χ3n) is 5.51. The molecule has 0 saturated carbocycles. The first-order valence-corrected chi connectivity index (χ1v) is 9.87. The first-order valence-electron chi connectivity index (χ1n) is 9.87. The van der Waals surface area contributed by atoms with Crippen LogP contribution in [0.4, 0.5) is 11.4 Å². The zero-order valence-corrected chi connectivity index (χ0v) is 17.6. The largest absolute Gasteiger partial charge is 0.495 e. The van der Waals surface area contributed by atoms with Gasteiger partial charge in [0.1, 0.15) is 11.2 Å². The molecule has 0 atom stereocenters. The number of benzene rings is 2. The van der Waals surface area contributed by atoms with Gasteiger partial charge in [-0.15, -0.1) is 0 Å². The number of carbonyl (C=O) groups is 2. The van der Waals surface area contributed by atoms with E-state index < -0.39 is 5.41 Å². The van der Waals surface area contributed by atoms with Crippen molar-refractivity contribution in [1.82, 2.24) is 4.90 Å². The van der Waals surface area contributed by atoms with Crippen LogP contribution < -0.4 is 14.5 Å². The Morgan fingerprint density at radius 3 is 2.14 bits per heavy atom. The lowest BCUT2D eigenvalue weighted by Gasteiger charge is -2.40. The molecule has 1 aliphatic rings. The highest BCUT2D eigenvalue weighted by atomic mass is 16.5. The fourth-order valence-electron chi connectivity index (χ4n) is 3.72. The number of para-hydroxylation sites is 3. The summed E-state index contributed by atoms with van der Waals surface area (Å²) in [6.07, 6.45) is 0. The van der Waals surface area contributed by atoms with Gasteiger partial charge in [0.25, 0.3) is 0 Å². The second kappa shape index (κ2) is 8.55. The molecule has 0 unspecified atom stereocenters. The molecule has 0 aliphatic carbocycles. The molecule has 2 amide bonds. The quantitative estimate of drug-likeness (QED) is 0.731. The van der Waals surface area contributed by atoms with E-state index in [0.29, 0.717) is 26.2 Å². The van der Waals surface area contributed by atoms with Crippen molar-refractivity contribution >= 4 is 23.2 Å². The maximum absolute atomic E-state index is 13.2. The molecule has 3 rings (SSSR count). The standard InChI is InChI=1S/C23H29N3O3/c1-23(2,21(27)24(3)18-10-6-5-7-11-18)22(28)26-16-14-25(15-17-26)19-12-8-9-13-20(19)29-4/h5-13H,14-17H2,1-4H3. The van der Waals surface area contributed by atoms with Gasteiger partial charge in [-0.2, -0.15) is 0 Å². The Kier molecular flexibility index (Phi) is 6.11. The number of methoxy groups -OCH3 is 1. The van der Waals surface area contributed by atoms with Crippen LogP contribution in [0.25, 0.3) is 0 Å². The zero-order chi connectivity index (χ0) is 21.0. The third-order valence-corrected chi connectivity index (χ3v) is 5.51. The molecule has 0 aromatic heterocycles. The van der Waals surface area contributed by atoms with Crippen LogP contribution in [-0.2, 0) is 9.59 Å². The highest BCUT2D eigenvalue weighted by Gasteiger charge is 2.42. The van der Waals surface area contributed by atoms with Crippen LogP contribution in [0.1, 0.15) is 13.8 Å². The summed E-state index contributed by atoms with van der Waals surface area (Å²) < 4.78 is 5.45. The molecule has 1 heterocycles. The summed E-state index contributed by atoms with van der Waals surface area (Å²) in [6.45, 7) is 5.97. The van der Waals surface area contributed by atoms with Gasteiger partial charge in [0, 0.05) is 38.9 Å². The number of carbonyl (C=O) groups excluding carboxylic acids is 2. The van der Waals surface area contributed by atoms with Gasteiger partial charge in [0.05, 0.1) is 12.8 Å². The summed E-state index contributed by atoms with van der Waals surface area (Å²) in [7, 11) is 3.38. The van der Waals surface area contributed by atoms with Crippen LogP contribution in [0.5, 0.6) is 5.75 Å². The topological polar surface area (TPSA) is 53.1 Å². The molecule has 29 heavy (non-hydrogen) atoms. The molecule has 154 valence electrons. The Labute approximate surface area is 172 Å². The molecule has 1 aliphatic heterocycles. The molecule has 0 spiro atoms. The number of ether oxygens (including phenoxy) is 1. The highest BCUT2D eigenvalue weighted by Crippen LogP contribution is 2.30. The predicted molar refractivity (Wildman–Crippen MR) is 115 cm³/mol. The lowest BCUT2D eigenvalue weighted by molar-refractivity contribution is -0.147. The molecule has 1 saturated heterocycles. The zero-order valence-electron chi connectivity index (χ0n) is 17.6. The van der Waals surface area contributed by atoms with E-state index in [-0.39, 0.29) is 11.8 Å². The van der Waals surface area contributed by atoms with E-state index in [9.17, 15) is 9.59 Å². The summed E-state index contributed by atoms with van der Waals surface area (Å²) >= 11 is 0. The van der Waals surface area contributed by atoms with E-state index >= 15 is 0 Å². The van der Waals surface area contributed by atoms with Crippen LogP contribution in [0, 0.1) is 5.41 Å². The van der Waals surface area contributed by atoms with E-state index in [2.05, 4.69) is 4.90 Å². The molecule has 0 bridgehead atoms. The van der Waals surface area contributed by atoms with E-state index in [0.717, 1.165) is 17.1 Å². The minimum absolute atomic E-state index is 0.134. The van der Waals surface area contributed by atoms with Crippen molar-refractivity contribution in [1.29, 1.82) is 0 Å². The normalized spacial score (nSPS) is 14.5. The van der Waals surface area contributed by atoms with Gasteiger partial charge in [-0.1, -0.05) is 30.3 Å². The monoisotopic (exact) mass is 395 g/mol. The predicted octanol–water partition coefficient (Wildman–Crippen LogP) is 3.03. The van der Waals surface area contributed by atoms with Gasteiger partial charge in [-0.3, -0.25) is 9.59 Å². The first kappa shape index (κ1) is 20.7. The fourth-order valence-corrected chi connectivity index (χ4v) is 3.72. The minimum Gasteiger partial charge on any atom is -0.495 e. The maximum atomic E-state index is 13.2. The van der Waals surface area contributed by atoms with Crippen molar-refractivity contribution in [2.75, 3.05) is 50.1 Å². The average molecular weight is 396 g/mol. The third kappa shape index (κ3) is 4.21. The molecule has 2 aromatic carbocycles. The summed E-state index contributed by atoms with van der Waals surface area (Å²) in [5, 5.41) is 0. The Balaban J connectivity index is 1.67. The molecule has 0 N–H and O–H groups in total. The Hall–Kier alpha value is -3.02. The molecule has 1 fully saturated rings. The van der Waals surface area contributed by atoms with E-state index in [1.54, 1.807) is 37.8 Å². The lowest BCUT2D eigenvalue weighted by Crippen LogP contribution is -2.55. The first-order chi connectivity index (χ1) is 13.9. The highest BCUT2D eigenvalue weighted by molar-refractivity contribution is 6.10. The molecule has 6 heteroatoms. The van der Waals surface area contributed by atoms with Crippen molar-refractivity contribution < 1.29 is 14.3 Å². The number of hydrogen-bond acceptors (Lipinski definition) is 4. The number of hydrogen-bond donors (Lipinski definition) is 0. The summed E-state index contributed by atoms with van der Waals surface area (Å²) in [5.74, 6) is 0.484. The van der Waals surface area contributed by atoms with Crippen molar-refractivity contribution in [2.45, 2.75) is 13.8 Å². The van der Waals surface area contributed by atoms with Gasteiger partial charge in [-0.05, 0) is 38.1 Å². The van der Waals surface area contributed by atoms with Gasteiger partial charge >= 0.3 is 0 Å². The number of amides is 2. The smallest absolute Gasteiger partial charge is 0.241 e. The number of nitrogens with zero attached hydrogens (tertiary/aromatic N) is 3. The van der Waals surface area contributed by atoms with Crippen LogP contribution in [0.2, 0.25) is 0 Å². The Morgan fingerprint density at radius 1 is 0.931 bits per heavy atom. The molecule has 0 radical (unpaired) electrons. The van der Waals surface area contributed by atoms with Crippen LogP contribution in [-0.4, -0.2) is 57.1 Å². The second-order valence-electron chi connectivity index (χ2n) is 7.78. The molecular formula is C23H29N3O3. The second-order valence-corrected chi connectivity index (χ2v) is 7.78. The minimum atomic E-state index is -1.13. The fraction of sp³-hybridized carbons (Fsp3) is 0.391. The summed E-state index contributed by atoms with van der Waals surface area (Å²) in [4.78, 5) is 31.8. The number of piperazine rings is 1. The van der Waals surface area contributed by atoms with Crippen LogP contribution in [0.15, 0.2) is 54.6 Å². The van der Waals surface area contributed by atoms with Crippen molar-refractivity contribution in [2.24, 2.45) is 5.41 Å². The van der Waals surface area contributed by atoms with Gasteiger partial charge in [0.15, 0.2) is 0 Å². The Bertz CT molecular complexity index is 859.